The van der Waals surface area contributed by atoms with Gasteiger partial charge in [-0.3, -0.25) is 0 Å². The maximum Gasteiger partial charge on any atom is 0.129 e. The highest BCUT2D eigenvalue weighted by Crippen LogP contribution is 2.29. The molecule has 0 fully saturated rings. The number of aliphatic hydroxyl groups excluding tert-OH is 1. The van der Waals surface area contributed by atoms with Crippen LogP contribution in [0.15, 0.2) is 42.5 Å². The van der Waals surface area contributed by atoms with Gasteiger partial charge in [0, 0.05) is 12.1 Å². The molecule has 0 aliphatic carbocycles. The van der Waals surface area contributed by atoms with Gasteiger partial charge in [-0.15, -0.1) is 12.4 Å². The van der Waals surface area contributed by atoms with Gasteiger partial charge in [-0.2, -0.15) is 0 Å². The van der Waals surface area contributed by atoms with Crippen molar-refractivity contribution >= 4 is 35.6 Å². The number of nitrogens with two attached hydrogens (primary N) is 1. The third-order valence-corrected chi connectivity index (χ3v) is 3.50. The molecule has 6 heteroatoms. The standard InChI is InChI=1S/C15H15Cl2NO2.ClH/c16-14-5-4-13(8-15(14)17)20-12-3-1-2-10(7-12)6-11(18)9-19;/h1-5,7-8,11,19H,6,9,18H2;1H. The van der Waals surface area contributed by atoms with Crippen molar-refractivity contribution in [2.45, 2.75) is 12.5 Å². The fraction of sp³-hybridized carbons (Fsp3) is 0.200. The maximum atomic E-state index is 8.97. The first kappa shape index (κ1) is 18.1. The van der Waals surface area contributed by atoms with Crippen molar-refractivity contribution in [1.29, 1.82) is 0 Å². The number of aliphatic hydroxyl groups is 1. The Morgan fingerprint density at radius 1 is 1.05 bits per heavy atom. The Morgan fingerprint density at radius 2 is 1.76 bits per heavy atom. The second-order valence-electron chi connectivity index (χ2n) is 4.47. The van der Waals surface area contributed by atoms with Gasteiger partial charge in [0.1, 0.15) is 11.5 Å². The lowest BCUT2D eigenvalue weighted by molar-refractivity contribution is 0.265. The summed E-state index contributed by atoms with van der Waals surface area (Å²) in [5.41, 5.74) is 6.73. The van der Waals surface area contributed by atoms with E-state index in [0.29, 0.717) is 28.0 Å². The van der Waals surface area contributed by atoms with E-state index in [2.05, 4.69) is 0 Å². The molecular formula is C15H16Cl3NO2. The summed E-state index contributed by atoms with van der Waals surface area (Å²) in [5, 5.41) is 9.91. The number of benzene rings is 2. The Balaban J connectivity index is 0.00000220. The summed E-state index contributed by atoms with van der Waals surface area (Å²) in [5.74, 6) is 1.30. The fourth-order valence-corrected chi connectivity index (χ4v) is 2.07. The first-order valence-electron chi connectivity index (χ1n) is 6.17. The molecule has 3 nitrogen and oxygen atoms in total. The average Bonchev–Trinajstić information content (AvgIpc) is 2.43. The molecule has 0 heterocycles. The molecule has 0 radical (unpaired) electrons. The quantitative estimate of drug-likeness (QED) is 0.856. The molecule has 114 valence electrons. The van der Waals surface area contributed by atoms with E-state index in [1.54, 1.807) is 18.2 Å². The molecule has 0 aliphatic rings. The van der Waals surface area contributed by atoms with E-state index in [0.717, 1.165) is 5.56 Å². The minimum absolute atomic E-state index is 0. The van der Waals surface area contributed by atoms with Gasteiger partial charge in [0.2, 0.25) is 0 Å². The van der Waals surface area contributed by atoms with Gasteiger partial charge in [-0.05, 0) is 36.2 Å². The van der Waals surface area contributed by atoms with Gasteiger partial charge in [-0.25, -0.2) is 0 Å². The van der Waals surface area contributed by atoms with E-state index in [-0.39, 0.29) is 25.1 Å². The van der Waals surface area contributed by atoms with E-state index in [4.69, 9.17) is 38.8 Å². The molecule has 1 unspecified atom stereocenters. The number of hydrogen-bond donors (Lipinski definition) is 2. The van der Waals surface area contributed by atoms with Crippen LogP contribution in [-0.2, 0) is 6.42 Å². The van der Waals surface area contributed by atoms with Crippen LogP contribution in [0.1, 0.15) is 5.56 Å². The number of halogens is 3. The highest BCUT2D eigenvalue weighted by atomic mass is 35.5. The molecule has 2 aromatic carbocycles. The molecule has 0 bridgehead atoms. The van der Waals surface area contributed by atoms with Crippen LogP contribution < -0.4 is 10.5 Å². The monoisotopic (exact) mass is 347 g/mol. The van der Waals surface area contributed by atoms with E-state index in [9.17, 15) is 0 Å². The topological polar surface area (TPSA) is 55.5 Å². The van der Waals surface area contributed by atoms with Gasteiger partial charge in [0.15, 0.2) is 0 Å². The fourth-order valence-electron chi connectivity index (χ4n) is 1.78. The first-order valence-corrected chi connectivity index (χ1v) is 6.92. The van der Waals surface area contributed by atoms with Crippen molar-refractivity contribution in [1.82, 2.24) is 0 Å². The summed E-state index contributed by atoms with van der Waals surface area (Å²) in [4.78, 5) is 0. The lowest BCUT2D eigenvalue weighted by Crippen LogP contribution is -2.26. The summed E-state index contributed by atoms with van der Waals surface area (Å²) in [7, 11) is 0. The van der Waals surface area contributed by atoms with Crippen LogP contribution in [0, 0.1) is 0 Å². The van der Waals surface area contributed by atoms with Crippen LogP contribution in [0.3, 0.4) is 0 Å². The predicted molar refractivity (Wildman–Crippen MR) is 89.0 cm³/mol. The predicted octanol–water partition coefficient (Wildman–Crippen LogP) is 4.07. The van der Waals surface area contributed by atoms with Crippen molar-refractivity contribution < 1.29 is 9.84 Å². The molecule has 2 aromatic rings. The summed E-state index contributed by atoms with van der Waals surface area (Å²) in [6.45, 7) is -0.0438. The molecule has 21 heavy (non-hydrogen) atoms. The average molecular weight is 349 g/mol. The van der Waals surface area contributed by atoms with E-state index >= 15 is 0 Å². The summed E-state index contributed by atoms with van der Waals surface area (Å²) < 4.78 is 5.72. The Hall–Kier alpha value is -0.970. The highest BCUT2D eigenvalue weighted by molar-refractivity contribution is 6.42. The molecule has 3 N–H and O–H groups in total. The van der Waals surface area contributed by atoms with Gasteiger partial charge in [0.05, 0.1) is 16.7 Å². The molecule has 0 saturated heterocycles. The van der Waals surface area contributed by atoms with E-state index < -0.39 is 0 Å². The maximum absolute atomic E-state index is 8.97. The van der Waals surface area contributed by atoms with Crippen molar-refractivity contribution in [2.75, 3.05) is 6.61 Å². The highest BCUT2D eigenvalue weighted by Gasteiger charge is 2.05. The minimum atomic E-state index is -0.268. The van der Waals surface area contributed by atoms with Crippen LogP contribution >= 0.6 is 35.6 Å². The smallest absolute Gasteiger partial charge is 0.129 e. The first-order chi connectivity index (χ1) is 9.58. The molecule has 0 saturated carbocycles. The molecule has 0 spiro atoms. The van der Waals surface area contributed by atoms with Crippen LogP contribution in [0.25, 0.3) is 0 Å². The largest absolute Gasteiger partial charge is 0.457 e. The van der Waals surface area contributed by atoms with E-state index in [1.807, 2.05) is 24.3 Å². The lowest BCUT2D eigenvalue weighted by Gasteiger charge is -2.11. The molecule has 0 aromatic heterocycles. The minimum Gasteiger partial charge on any atom is -0.457 e. The van der Waals surface area contributed by atoms with Crippen LogP contribution in [-0.4, -0.2) is 17.8 Å². The van der Waals surface area contributed by atoms with Crippen LogP contribution in [0.4, 0.5) is 0 Å². The Bertz CT molecular complexity index is 593. The number of hydrogen-bond acceptors (Lipinski definition) is 3. The van der Waals surface area contributed by atoms with Gasteiger partial charge < -0.3 is 15.6 Å². The normalized spacial score (nSPS) is 11.6. The number of ether oxygens (including phenoxy) is 1. The van der Waals surface area contributed by atoms with E-state index in [1.165, 1.54) is 0 Å². The molecule has 0 aliphatic heterocycles. The van der Waals surface area contributed by atoms with Gasteiger partial charge >= 0.3 is 0 Å². The zero-order chi connectivity index (χ0) is 14.5. The Morgan fingerprint density at radius 3 is 2.43 bits per heavy atom. The SMILES string of the molecule is Cl.NC(CO)Cc1cccc(Oc2ccc(Cl)c(Cl)c2)c1. The third kappa shape index (κ3) is 5.38. The molecule has 1 atom stereocenters. The van der Waals surface area contributed by atoms with Crippen molar-refractivity contribution in [3.8, 4) is 11.5 Å². The number of rotatable bonds is 5. The van der Waals surface area contributed by atoms with Crippen molar-refractivity contribution in [3.05, 3.63) is 58.1 Å². The lowest BCUT2D eigenvalue weighted by atomic mass is 10.1. The summed E-state index contributed by atoms with van der Waals surface area (Å²) in [6, 6.07) is 12.4. The molecule has 0 amide bonds. The summed E-state index contributed by atoms with van der Waals surface area (Å²) in [6.07, 6.45) is 0.592. The molecule has 2 rings (SSSR count). The molecular weight excluding hydrogens is 333 g/mol. The van der Waals surface area contributed by atoms with Gasteiger partial charge in [0.25, 0.3) is 0 Å². The zero-order valence-electron chi connectivity index (χ0n) is 11.1. The Kier molecular flexibility index (Phi) is 7.29. The third-order valence-electron chi connectivity index (χ3n) is 2.76. The van der Waals surface area contributed by atoms with Crippen molar-refractivity contribution in [3.63, 3.8) is 0 Å². The second kappa shape index (κ2) is 8.47. The Labute approximate surface area is 140 Å². The van der Waals surface area contributed by atoms with Crippen molar-refractivity contribution in [2.24, 2.45) is 5.73 Å². The second-order valence-corrected chi connectivity index (χ2v) is 5.29. The van der Waals surface area contributed by atoms with Crippen LogP contribution in [0.5, 0.6) is 11.5 Å². The summed E-state index contributed by atoms with van der Waals surface area (Å²) >= 11 is 11.8. The van der Waals surface area contributed by atoms with Crippen LogP contribution in [0.2, 0.25) is 10.0 Å². The zero-order valence-corrected chi connectivity index (χ0v) is 13.5. The van der Waals surface area contributed by atoms with Gasteiger partial charge in [-0.1, -0.05) is 35.3 Å².